The third kappa shape index (κ3) is 3.26. The molecule has 0 spiro atoms. The van der Waals surface area contributed by atoms with Crippen molar-refractivity contribution in [3.05, 3.63) is 0 Å². The predicted octanol–water partition coefficient (Wildman–Crippen LogP) is 1.02. The molecule has 0 aliphatic carbocycles. The van der Waals surface area contributed by atoms with E-state index in [1.165, 1.54) is 0 Å². The van der Waals surface area contributed by atoms with Gasteiger partial charge in [0.1, 0.15) is 11.6 Å². The van der Waals surface area contributed by atoms with E-state index in [2.05, 4.69) is 4.90 Å². The van der Waals surface area contributed by atoms with Gasteiger partial charge in [-0.05, 0) is 34.1 Å². The fraction of sp³-hybridized carbons (Fsp3) is 0.857. The summed E-state index contributed by atoms with van der Waals surface area (Å²) < 4.78 is 5.42. The van der Waals surface area contributed by atoms with Gasteiger partial charge in [-0.1, -0.05) is 0 Å². The minimum atomic E-state index is -0.448. The number of rotatable bonds is 2. The Bertz CT molecular complexity index is 375. The Morgan fingerprint density at radius 1 is 1.37 bits per heavy atom. The van der Waals surface area contributed by atoms with E-state index in [0.717, 1.165) is 26.1 Å². The van der Waals surface area contributed by atoms with Gasteiger partial charge >= 0.3 is 5.97 Å². The summed E-state index contributed by atoms with van der Waals surface area (Å²) in [5.74, 6) is 0.0832. The van der Waals surface area contributed by atoms with Crippen molar-refractivity contribution in [3.63, 3.8) is 0 Å². The third-order valence-corrected chi connectivity index (χ3v) is 3.82. The van der Waals surface area contributed by atoms with Crippen LogP contribution in [0.3, 0.4) is 0 Å². The first-order valence-corrected chi connectivity index (χ1v) is 7.04. The quantitative estimate of drug-likeness (QED) is 0.702. The molecule has 108 valence electrons. The van der Waals surface area contributed by atoms with Gasteiger partial charge in [-0.2, -0.15) is 0 Å². The third-order valence-electron chi connectivity index (χ3n) is 3.82. The van der Waals surface area contributed by atoms with Crippen molar-refractivity contribution >= 4 is 11.9 Å². The van der Waals surface area contributed by atoms with Crippen LogP contribution in [0.25, 0.3) is 0 Å². The van der Waals surface area contributed by atoms with Crippen molar-refractivity contribution in [2.24, 2.45) is 0 Å². The van der Waals surface area contributed by atoms with E-state index < -0.39 is 5.60 Å². The molecule has 2 fully saturated rings. The second-order valence-corrected chi connectivity index (χ2v) is 6.48. The summed E-state index contributed by atoms with van der Waals surface area (Å²) in [7, 11) is 0. The van der Waals surface area contributed by atoms with E-state index in [9.17, 15) is 9.59 Å². The topological polar surface area (TPSA) is 49.9 Å². The SMILES string of the molecule is CC(C(=O)OC(C)(C)C)N1CCN2C(=O)CCC2C1. The number of hydrogen-bond donors (Lipinski definition) is 0. The summed E-state index contributed by atoms with van der Waals surface area (Å²) in [4.78, 5) is 27.8. The summed E-state index contributed by atoms with van der Waals surface area (Å²) in [5, 5.41) is 0. The van der Waals surface area contributed by atoms with Crippen molar-refractivity contribution in [3.8, 4) is 0 Å². The Hall–Kier alpha value is -1.10. The highest BCUT2D eigenvalue weighted by Crippen LogP contribution is 2.24. The summed E-state index contributed by atoms with van der Waals surface area (Å²) >= 11 is 0. The molecule has 0 aromatic rings. The zero-order valence-corrected chi connectivity index (χ0v) is 12.3. The molecule has 0 aromatic heterocycles. The first-order chi connectivity index (χ1) is 8.78. The van der Waals surface area contributed by atoms with E-state index in [1.807, 2.05) is 32.6 Å². The fourth-order valence-corrected chi connectivity index (χ4v) is 2.78. The first-order valence-electron chi connectivity index (χ1n) is 7.04. The van der Waals surface area contributed by atoms with Gasteiger partial charge in [0.05, 0.1) is 0 Å². The van der Waals surface area contributed by atoms with Crippen LogP contribution in [0.4, 0.5) is 0 Å². The highest BCUT2D eigenvalue weighted by Gasteiger charge is 2.38. The molecule has 2 atom stereocenters. The van der Waals surface area contributed by atoms with Crippen molar-refractivity contribution in [1.82, 2.24) is 9.80 Å². The van der Waals surface area contributed by atoms with Gasteiger partial charge in [0, 0.05) is 32.1 Å². The molecular formula is C14H24N2O3. The van der Waals surface area contributed by atoms with Gasteiger partial charge in [0.2, 0.25) is 5.91 Å². The zero-order valence-electron chi connectivity index (χ0n) is 12.3. The van der Waals surface area contributed by atoms with Crippen LogP contribution < -0.4 is 0 Å². The van der Waals surface area contributed by atoms with E-state index in [1.54, 1.807) is 0 Å². The smallest absolute Gasteiger partial charge is 0.323 e. The molecule has 2 heterocycles. The highest BCUT2D eigenvalue weighted by atomic mass is 16.6. The molecule has 0 radical (unpaired) electrons. The van der Waals surface area contributed by atoms with Crippen molar-refractivity contribution in [1.29, 1.82) is 0 Å². The van der Waals surface area contributed by atoms with Gasteiger partial charge in [-0.3, -0.25) is 14.5 Å². The fourth-order valence-electron chi connectivity index (χ4n) is 2.78. The molecule has 0 bridgehead atoms. The monoisotopic (exact) mass is 268 g/mol. The molecule has 2 rings (SSSR count). The normalized spacial score (nSPS) is 26.2. The van der Waals surface area contributed by atoms with E-state index in [4.69, 9.17) is 4.74 Å². The number of hydrogen-bond acceptors (Lipinski definition) is 4. The Labute approximate surface area is 114 Å². The summed E-state index contributed by atoms with van der Waals surface area (Å²) in [6.07, 6.45) is 1.57. The number of amides is 1. The van der Waals surface area contributed by atoms with Crippen LogP contribution in [0.2, 0.25) is 0 Å². The van der Waals surface area contributed by atoms with Crippen molar-refractivity contribution in [2.75, 3.05) is 19.6 Å². The number of nitrogens with zero attached hydrogens (tertiary/aromatic N) is 2. The number of carbonyl (C=O) groups excluding carboxylic acids is 2. The Balaban J connectivity index is 1.92. The number of piperazine rings is 1. The standard InChI is InChI=1S/C14H24N2O3/c1-10(13(18)19-14(2,3)4)15-7-8-16-11(9-15)5-6-12(16)17/h10-11H,5-9H2,1-4H3. The maximum absolute atomic E-state index is 12.1. The molecular weight excluding hydrogens is 244 g/mol. The minimum absolute atomic E-state index is 0.176. The largest absolute Gasteiger partial charge is 0.459 e. The Kier molecular flexibility index (Phi) is 3.85. The molecule has 0 N–H and O–H groups in total. The predicted molar refractivity (Wildman–Crippen MR) is 71.6 cm³/mol. The molecule has 2 aliphatic heterocycles. The lowest BCUT2D eigenvalue weighted by molar-refractivity contribution is -0.161. The van der Waals surface area contributed by atoms with Gasteiger partial charge in [0.25, 0.3) is 0 Å². The van der Waals surface area contributed by atoms with Gasteiger partial charge in [0.15, 0.2) is 0 Å². The van der Waals surface area contributed by atoms with Crippen LogP contribution >= 0.6 is 0 Å². The lowest BCUT2D eigenvalue weighted by atomic mass is 10.1. The van der Waals surface area contributed by atoms with Crippen molar-refractivity contribution in [2.45, 2.75) is 58.2 Å². The molecule has 19 heavy (non-hydrogen) atoms. The number of carbonyl (C=O) groups is 2. The number of esters is 1. The molecule has 0 aromatic carbocycles. The second-order valence-electron chi connectivity index (χ2n) is 6.48. The van der Waals surface area contributed by atoms with Crippen LogP contribution in [0.15, 0.2) is 0 Å². The number of ether oxygens (including phenoxy) is 1. The summed E-state index contributed by atoms with van der Waals surface area (Å²) in [6, 6.07) is 0.0446. The number of fused-ring (bicyclic) bond motifs is 1. The van der Waals surface area contributed by atoms with E-state index in [0.29, 0.717) is 6.42 Å². The zero-order chi connectivity index (χ0) is 14.2. The minimum Gasteiger partial charge on any atom is -0.459 e. The first kappa shape index (κ1) is 14.3. The van der Waals surface area contributed by atoms with Crippen LogP contribution in [0, 0.1) is 0 Å². The van der Waals surface area contributed by atoms with Gasteiger partial charge in [-0.15, -0.1) is 0 Å². The molecule has 2 unspecified atom stereocenters. The molecule has 1 amide bonds. The van der Waals surface area contributed by atoms with Crippen LogP contribution in [0.5, 0.6) is 0 Å². The van der Waals surface area contributed by atoms with E-state index in [-0.39, 0.29) is 24.0 Å². The summed E-state index contributed by atoms with van der Waals surface area (Å²) in [5.41, 5.74) is -0.448. The van der Waals surface area contributed by atoms with Crippen LogP contribution in [-0.2, 0) is 14.3 Å². The van der Waals surface area contributed by atoms with Gasteiger partial charge < -0.3 is 9.64 Å². The lowest BCUT2D eigenvalue weighted by Gasteiger charge is -2.40. The Morgan fingerprint density at radius 3 is 2.68 bits per heavy atom. The molecule has 2 aliphatic rings. The average molecular weight is 268 g/mol. The summed E-state index contributed by atoms with van der Waals surface area (Å²) in [6.45, 7) is 9.80. The van der Waals surface area contributed by atoms with Gasteiger partial charge in [-0.25, -0.2) is 0 Å². The molecule has 2 saturated heterocycles. The molecule has 0 saturated carbocycles. The van der Waals surface area contributed by atoms with Crippen molar-refractivity contribution < 1.29 is 14.3 Å². The van der Waals surface area contributed by atoms with Crippen LogP contribution in [-0.4, -0.2) is 59.0 Å². The highest BCUT2D eigenvalue weighted by molar-refractivity contribution is 5.79. The van der Waals surface area contributed by atoms with Crippen LogP contribution in [0.1, 0.15) is 40.5 Å². The lowest BCUT2D eigenvalue weighted by Crippen LogP contribution is -2.56. The van der Waals surface area contributed by atoms with E-state index >= 15 is 0 Å². The average Bonchev–Trinajstić information content (AvgIpc) is 2.67. The molecule has 5 heteroatoms. The Morgan fingerprint density at radius 2 is 2.05 bits per heavy atom. The molecule has 5 nitrogen and oxygen atoms in total. The second kappa shape index (κ2) is 5.12. The maximum Gasteiger partial charge on any atom is 0.323 e. The maximum atomic E-state index is 12.1.